The zero-order chi connectivity index (χ0) is 54.6. The SMILES string of the molecule is CC1(C)c2cc(-c3ccc4c5ccccc5n(-c5ccccc5)c4c3)ccc2-c2ccc(N(c3ccc(-c4ccc5oc6ccccc6c5c4)cc3)c3ccc4c(c3)C(C)(C)c3cc(-n5c6ccccc6c6ccccc65)ccc3-4)cc21. The van der Waals surface area contributed by atoms with E-state index in [1.165, 1.54) is 105 Å². The van der Waals surface area contributed by atoms with Gasteiger partial charge in [-0.3, -0.25) is 0 Å². The molecular formula is C78H55N3O. The van der Waals surface area contributed by atoms with E-state index in [4.69, 9.17) is 4.42 Å². The Labute approximate surface area is 476 Å². The van der Waals surface area contributed by atoms with Crippen molar-refractivity contribution in [1.82, 2.24) is 9.13 Å². The van der Waals surface area contributed by atoms with Gasteiger partial charge in [0.1, 0.15) is 11.2 Å². The molecule has 3 heterocycles. The zero-order valence-corrected chi connectivity index (χ0v) is 46.1. The molecule has 0 saturated heterocycles. The molecule has 0 saturated carbocycles. The van der Waals surface area contributed by atoms with Gasteiger partial charge in [0.25, 0.3) is 0 Å². The second kappa shape index (κ2) is 17.2. The number of fused-ring (bicyclic) bond motifs is 15. The summed E-state index contributed by atoms with van der Waals surface area (Å²) < 4.78 is 11.1. The Morgan fingerprint density at radius 1 is 0.280 bits per heavy atom. The van der Waals surface area contributed by atoms with Gasteiger partial charge in [0, 0.05) is 71.6 Å². The highest BCUT2D eigenvalue weighted by molar-refractivity contribution is 6.11. The largest absolute Gasteiger partial charge is 0.456 e. The van der Waals surface area contributed by atoms with E-state index in [2.05, 4.69) is 290 Å². The molecule has 0 atom stereocenters. The van der Waals surface area contributed by atoms with Crippen molar-refractivity contribution in [2.45, 2.75) is 38.5 Å². The van der Waals surface area contributed by atoms with E-state index in [1.54, 1.807) is 0 Å². The van der Waals surface area contributed by atoms with Crippen LogP contribution in [0, 0.1) is 0 Å². The van der Waals surface area contributed by atoms with Gasteiger partial charge in [0.15, 0.2) is 0 Å². The average Bonchev–Trinajstić information content (AvgIpc) is 4.14. The van der Waals surface area contributed by atoms with Gasteiger partial charge < -0.3 is 18.5 Å². The lowest BCUT2D eigenvalue weighted by atomic mass is 9.81. The predicted octanol–water partition coefficient (Wildman–Crippen LogP) is 21.2. The maximum atomic E-state index is 6.24. The molecule has 388 valence electrons. The van der Waals surface area contributed by atoms with Crippen LogP contribution < -0.4 is 4.90 Å². The number of nitrogens with zero attached hydrogens (tertiary/aromatic N) is 3. The molecule has 15 aromatic rings. The summed E-state index contributed by atoms with van der Waals surface area (Å²) in [4.78, 5) is 2.48. The Balaban J connectivity index is 0.774. The summed E-state index contributed by atoms with van der Waals surface area (Å²) >= 11 is 0. The highest BCUT2D eigenvalue weighted by atomic mass is 16.3. The van der Waals surface area contributed by atoms with Crippen molar-refractivity contribution >= 4 is 82.6 Å². The van der Waals surface area contributed by atoms with Crippen LogP contribution in [0.4, 0.5) is 17.1 Å². The number of benzene rings is 12. The van der Waals surface area contributed by atoms with Crippen LogP contribution in [0.15, 0.2) is 265 Å². The molecule has 4 heteroatoms. The van der Waals surface area contributed by atoms with Gasteiger partial charge in [-0.05, 0) is 176 Å². The molecule has 12 aromatic carbocycles. The Morgan fingerprint density at radius 2 is 0.707 bits per heavy atom. The van der Waals surface area contributed by atoms with Gasteiger partial charge in [0.05, 0.1) is 22.1 Å². The summed E-state index contributed by atoms with van der Waals surface area (Å²) in [5.41, 5.74) is 27.1. The third-order valence-electron chi connectivity index (χ3n) is 18.5. The predicted molar refractivity (Wildman–Crippen MR) is 343 cm³/mol. The molecule has 0 spiro atoms. The molecule has 0 N–H and O–H groups in total. The van der Waals surface area contributed by atoms with Crippen molar-refractivity contribution in [1.29, 1.82) is 0 Å². The minimum Gasteiger partial charge on any atom is -0.456 e. The maximum absolute atomic E-state index is 6.24. The van der Waals surface area contributed by atoms with Gasteiger partial charge in [-0.2, -0.15) is 0 Å². The summed E-state index contributed by atoms with van der Waals surface area (Å²) in [5, 5.41) is 7.33. The van der Waals surface area contributed by atoms with Crippen molar-refractivity contribution in [2.24, 2.45) is 0 Å². The number of anilines is 3. The van der Waals surface area contributed by atoms with Crippen molar-refractivity contribution in [2.75, 3.05) is 4.90 Å². The highest BCUT2D eigenvalue weighted by Crippen LogP contribution is 2.55. The summed E-state index contributed by atoms with van der Waals surface area (Å²) in [6, 6.07) is 96.8. The van der Waals surface area contributed by atoms with Crippen LogP contribution in [-0.4, -0.2) is 9.13 Å². The summed E-state index contributed by atoms with van der Waals surface area (Å²) in [7, 11) is 0. The lowest BCUT2D eigenvalue weighted by Gasteiger charge is -2.30. The van der Waals surface area contributed by atoms with Crippen molar-refractivity contribution in [3.05, 3.63) is 283 Å². The molecule has 2 aliphatic rings. The Bertz CT molecular complexity index is 5110. The quantitative estimate of drug-likeness (QED) is 0.159. The molecule has 0 unspecified atom stereocenters. The van der Waals surface area contributed by atoms with E-state index >= 15 is 0 Å². The fourth-order valence-electron chi connectivity index (χ4n) is 14.4. The number of para-hydroxylation sites is 5. The van der Waals surface area contributed by atoms with E-state index in [-0.39, 0.29) is 10.8 Å². The van der Waals surface area contributed by atoms with E-state index in [0.717, 1.165) is 55.8 Å². The van der Waals surface area contributed by atoms with Crippen LogP contribution in [0.3, 0.4) is 0 Å². The second-order valence-corrected chi connectivity index (χ2v) is 23.7. The van der Waals surface area contributed by atoms with E-state index in [1.807, 2.05) is 12.1 Å². The van der Waals surface area contributed by atoms with Gasteiger partial charge in [-0.25, -0.2) is 0 Å². The van der Waals surface area contributed by atoms with Crippen LogP contribution in [0.25, 0.3) is 121 Å². The topological polar surface area (TPSA) is 26.2 Å². The molecule has 3 aromatic heterocycles. The number of hydrogen-bond donors (Lipinski definition) is 0. The Hall–Kier alpha value is -10.2. The minimum atomic E-state index is -0.277. The molecule has 0 aliphatic heterocycles. The molecule has 2 aliphatic carbocycles. The number of hydrogen-bond acceptors (Lipinski definition) is 2. The molecule has 0 bridgehead atoms. The normalized spacial score (nSPS) is 13.8. The lowest BCUT2D eigenvalue weighted by Crippen LogP contribution is -2.18. The summed E-state index contributed by atoms with van der Waals surface area (Å²) in [6.45, 7) is 9.62. The zero-order valence-electron chi connectivity index (χ0n) is 46.1. The second-order valence-electron chi connectivity index (χ2n) is 23.7. The smallest absolute Gasteiger partial charge is 0.135 e. The first kappa shape index (κ1) is 46.7. The molecule has 17 rings (SSSR count). The number of furan rings is 1. The third kappa shape index (κ3) is 6.73. The first-order valence-corrected chi connectivity index (χ1v) is 28.6. The lowest BCUT2D eigenvalue weighted by molar-refractivity contribution is 0.659. The van der Waals surface area contributed by atoms with Gasteiger partial charge in [-0.1, -0.05) is 179 Å². The van der Waals surface area contributed by atoms with Crippen LogP contribution in [0.5, 0.6) is 0 Å². The third-order valence-corrected chi connectivity index (χ3v) is 18.5. The number of aromatic nitrogens is 2. The molecular weight excluding hydrogens is 995 g/mol. The van der Waals surface area contributed by atoms with Gasteiger partial charge in [-0.15, -0.1) is 0 Å². The molecule has 4 nitrogen and oxygen atoms in total. The van der Waals surface area contributed by atoms with Crippen molar-refractivity contribution in [3.8, 4) is 55.9 Å². The standard InChI is InChI=1S/C78H55N3O/c1-77(2)67-43-50(51-29-37-64-63-20-10-12-22-71(63)80(74(64)44-51)52-16-6-5-7-17-52)28-36-57(67)58-38-33-54(45-68(58)77)79(53-31-26-48(27-32-53)49-30-41-76-66(42-49)65-21-11-15-25-75(65)82-76)55-34-39-59-60-40-35-56(47-70(60)78(3,4)69(59)46-55)81-72-23-13-8-18-61(72)62-19-9-14-24-73(62)81/h5-47H,1-4H3. The first-order chi connectivity index (χ1) is 40.2. The Morgan fingerprint density at radius 3 is 1.34 bits per heavy atom. The Kier molecular flexibility index (Phi) is 9.79. The first-order valence-electron chi connectivity index (χ1n) is 28.6. The average molecular weight is 1050 g/mol. The summed E-state index contributed by atoms with van der Waals surface area (Å²) in [5.74, 6) is 0. The summed E-state index contributed by atoms with van der Waals surface area (Å²) in [6.07, 6.45) is 0. The van der Waals surface area contributed by atoms with Gasteiger partial charge in [0.2, 0.25) is 0 Å². The monoisotopic (exact) mass is 1050 g/mol. The van der Waals surface area contributed by atoms with E-state index in [0.29, 0.717) is 0 Å². The van der Waals surface area contributed by atoms with Crippen LogP contribution >= 0.6 is 0 Å². The molecule has 0 amide bonds. The van der Waals surface area contributed by atoms with Gasteiger partial charge >= 0.3 is 0 Å². The minimum absolute atomic E-state index is 0.275. The van der Waals surface area contributed by atoms with Crippen LogP contribution in [0.2, 0.25) is 0 Å². The van der Waals surface area contributed by atoms with Crippen LogP contribution in [-0.2, 0) is 10.8 Å². The molecule has 0 fully saturated rings. The molecule has 82 heavy (non-hydrogen) atoms. The number of rotatable bonds is 7. The van der Waals surface area contributed by atoms with Crippen molar-refractivity contribution < 1.29 is 4.42 Å². The van der Waals surface area contributed by atoms with E-state index in [9.17, 15) is 0 Å². The fraction of sp³-hybridized carbons (Fsp3) is 0.0769. The molecule has 0 radical (unpaired) electrons. The van der Waals surface area contributed by atoms with E-state index < -0.39 is 0 Å². The highest BCUT2D eigenvalue weighted by Gasteiger charge is 2.39. The fourth-order valence-corrected chi connectivity index (χ4v) is 14.4. The van der Waals surface area contributed by atoms with Crippen molar-refractivity contribution in [3.63, 3.8) is 0 Å². The van der Waals surface area contributed by atoms with Crippen LogP contribution in [0.1, 0.15) is 49.9 Å². The maximum Gasteiger partial charge on any atom is 0.135 e.